The normalized spacial score (nSPS) is 18.0. The summed E-state index contributed by atoms with van der Waals surface area (Å²) in [5.74, 6) is 0. The molecule has 0 radical (unpaired) electrons. The van der Waals surface area contributed by atoms with E-state index in [9.17, 15) is 0 Å². The van der Waals surface area contributed by atoms with E-state index < -0.39 is 5.41 Å². The summed E-state index contributed by atoms with van der Waals surface area (Å²) in [4.78, 5) is 0. The van der Waals surface area contributed by atoms with Crippen LogP contribution in [0.2, 0.25) is 0 Å². The summed E-state index contributed by atoms with van der Waals surface area (Å²) in [6.07, 6.45) is 0. The average Bonchev–Trinajstić information content (AvgIpc) is 3.31. The Balaban J connectivity index is 1.37. The fraction of sp³-hybridized carbons (Fsp3) is 0.0500. The molecule has 0 bridgehead atoms. The predicted molar refractivity (Wildman–Crippen MR) is 171 cm³/mol. The maximum Gasteiger partial charge on any atom is 0.0626 e. The largest absolute Gasteiger partial charge is 0.0626 e. The maximum atomic E-state index is 9.04. The van der Waals surface area contributed by atoms with Crippen molar-refractivity contribution >= 4 is 43.1 Å². The van der Waals surface area contributed by atoms with Gasteiger partial charge in [-0.15, -0.1) is 0 Å². The van der Waals surface area contributed by atoms with Gasteiger partial charge in [-0.2, -0.15) is 0 Å². The second kappa shape index (κ2) is 7.81. The summed E-state index contributed by atoms with van der Waals surface area (Å²) in [6.45, 7) is 2.02. The lowest BCUT2D eigenvalue weighted by molar-refractivity contribution is 0.715. The minimum atomic E-state index is -0.984. The van der Waals surface area contributed by atoms with Gasteiger partial charge in [0.2, 0.25) is 0 Å². The number of hydrogen-bond acceptors (Lipinski definition) is 0. The molecule has 0 nitrogen and oxygen atoms in total. The Morgan fingerprint density at radius 3 is 1.93 bits per heavy atom. The highest BCUT2D eigenvalue weighted by molar-refractivity contribution is 6.25. The molecular formula is C40H26. The molecule has 0 saturated heterocycles. The molecule has 1 atom stereocenters. The minimum Gasteiger partial charge on any atom is -0.0622 e. The van der Waals surface area contributed by atoms with Gasteiger partial charge in [0.15, 0.2) is 0 Å². The molecule has 0 aliphatic heterocycles. The molecule has 8 aromatic rings. The van der Waals surface area contributed by atoms with Gasteiger partial charge in [0.25, 0.3) is 0 Å². The zero-order chi connectivity index (χ0) is 30.8. The van der Waals surface area contributed by atoms with Gasteiger partial charge in [-0.05, 0) is 107 Å². The summed E-state index contributed by atoms with van der Waals surface area (Å²) < 4.78 is 43.5. The van der Waals surface area contributed by atoms with Crippen molar-refractivity contribution in [3.8, 4) is 22.3 Å². The van der Waals surface area contributed by atoms with Crippen molar-refractivity contribution in [2.75, 3.05) is 0 Å². The van der Waals surface area contributed by atoms with E-state index in [0.717, 1.165) is 44.2 Å². The Morgan fingerprint density at radius 2 is 1.12 bits per heavy atom. The van der Waals surface area contributed by atoms with Gasteiger partial charge in [0.05, 0.1) is 6.85 Å². The van der Waals surface area contributed by atoms with Crippen molar-refractivity contribution in [1.29, 1.82) is 0 Å². The molecule has 0 spiro atoms. The van der Waals surface area contributed by atoms with Crippen molar-refractivity contribution in [2.24, 2.45) is 0 Å². The molecule has 8 aromatic carbocycles. The summed E-state index contributed by atoms with van der Waals surface area (Å²) in [7, 11) is 0. The smallest absolute Gasteiger partial charge is 0.0622 e. The van der Waals surface area contributed by atoms with E-state index >= 15 is 0 Å². The Bertz CT molecular complexity index is 2520. The van der Waals surface area contributed by atoms with E-state index in [1.807, 2.05) is 19.1 Å². The Morgan fingerprint density at radius 1 is 0.500 bits per heavy atom. The lowest BCUT2D eigenvalue weighted by atomic mass is 9.73. The van der Waals surface area contributed by atoms with Crippen LogP contribution in [0.15, 0.2) is 139 Å². The Hall–Kier alpha value is -4.94. The minimum absolute atomic E-state index is 0.163. The molecule has 186 valence electrons. The topological polar surface area (TPSA) is 0 Å². The number of hydrogen-bond donors (Lipinski definition) is 0. The third kappa shape index (κ3) is 2.81. The zero-order valence-corrected chi connectivity index (χ0v) is 21.9. The second-order valence-electron chi connectivity index (χ2n) is 11.1. The molecule has 0 amide bonds. The SMILES string of the molecule is [2H]c1c([2H])c([2H])c(C2(C)c3cc(-c4ccc5ccc6cccc7ccc4c5c67)ccc3-c3cc4ccccc4cc32)c([2H])c1[2H]. The molecule has 0 heterocycles. The molecule has 0 heteroatoms. The van der Waals surface area contributed by atoms with Gasteiger partial charge >= 0.3 is 0 Å². The molecule has 0 saturated carbocycles. The van der Waals surface area contributed by atoms with Crippen LogP contribution in [0.4, 0.5) is 0 Å². The van der Waals surface area contributed by atoms with Gasteiger partial charge < -0.3 is 0 Å². The van der Waals surface area contributed by atoms with Crippen molar-refractivity contribution in [3.63, 3.8) is 0 Å². The van der Waals surface area contributed by atoms with E-state index in [1.165, 1.54) is 32.3 Å². The third-order valence-electron chi connectivity index (χ3n) is 9.11. The van der Waals surface area contributed by atoms with Crippen molar-refractivity contribution in [2.45, 2.75) is 12.3 Å². The fourth-order valence-corrected chi connectivity index (χ4v) is 7.14. The highest BCUT2D eigenvalue weighted by Crippen LogP contribution is 2.54. The predicted octanol–water partition coefficient (Wildman–Crippen LogP) is 10.7. The molecule has 1 aliphatic rings. The van der Waals surface area contributed by atoms with E-state index in [0.29, 0.717) is 5.56 Å². The molecule has 0 fully saturated rings. The number of rotatable bonds is 2. The van der Waals surface area contributed by atoms with Gasteiger partial charge in [-0.3, -0.25) is 0 Å². The molecule has 0 aromatic heterocycles. The van der Waals surface area contributed by atoms with Gasteiger partial charge in [-0.1, -0.05) is 121 Å². The summed E-state index contributed by atoms with van der Waals surface area (Å²) in [6, 6.07) is 37.3. The first-order valence-corrected chi connectivity index (χ1v) is 13.7. The first-order valence-electron chi connectivity index (χ1n) is 16.2. The standard InChI is InChI=1S/C40H26/c1-40(31-12-3-2-4-13-31)36-24-30(18-20-33(36)35-22-28-8-5-6-9-29(28)23-37(35)40)32-19-16-27-15-14-25-10-7-11-26-17-21-34(32)39(27)38(25)26/h2-24H,1H3/i2D,3D,4D,12D,13D. The van der Waals surface area contributed by atoms with Crippen LogP contribution in [-0.4, -0.2) is 0 Å². The van der Waals surface area contributed by atoms with Crippen LogP contribution in [0.1, 0.15) is 30.5 Å². The monoisotopic (exact) mass is 511 g/mol. The van der Waals surface area contributed by atoms with Crippen molar-refractivity contribution in [3.05, 3.63) is 156 Å². The van der Waals surface area contributed by atoms with Crippen LogP contribution in [-0.2, 0) is 5.41 Å². The first-order chi connectivity index (χ1) is 21.8. The fourth-order valence-electron chi connectivity index (χ4n) is 7.14. The quantitative estimate of drug-likeness (QED) is 0.202. The maximum absolute atomic E-state index is 9.04. The lowest BCUT2D eigenvalue weighted by Gasteiger charge is -2.29. The summed E-state index contributed by atoms with van der Waals surface area (Å²) in [5, 5.41) is 9.45. The van der Waals surface area contributed by atoms with Crippen LogP contribution in [0.3, 0.4) is 0 Å². The first kappa shape index (κ1) is 17.6. The van der Waals surface area contributed by atoms with Crippen LogP contribution in [0.25, 0.3) is 65.3 Å². The molecule has 1 aliphatic carbocycles. The average molecular weight is 512 g/mol. The molecule has 9 rings (SSSR count). The van der Waals surface area contributed by atoms with E-state index in [4.69, 9.17) is 6.85 Å². The van der Waals surface area contributed by atoms with Gasteiger partial charge in [0.1, 0.15) is 0 Å². The van der Waals surface area contributed by atoms with Crippen LogP contribution < -0.4 is 0 Å². The lowest BCUT2D eigenvalue weighted by Crippen LogP contribution is -2.22. The number of fused-ring (bicyclic) bond motifs is 4. The van der Waals surface area contributed by atoms with E-state index in [1.54, 1.807) is 0 Å². The van der Waals surface area contributed by atoms with E-state index in [-0.39, 0.29) is 30.2 Å². The van der Waals surface area contributed by atoms with Crippen LogP contribution in [0.5, 0.6) is 0 Å². The van der Waals surface area contributed by atoms with E-state index in [2.05, 4.69) is 97.1 Å². The molecule has 40 heavy (non-hydrogen) atoms. The summed E-state index contributed by atoms with van der Waals surface area (Å²) >= 11 is 0. The zero-order valence-electron chi connectivity index (χ0n) is 26.9. The Labute approximate surface area is 240 Å². The highest BCUT2D eigenvalue weighted by atomic mass is 14.4. The third-order valence-corrected chi connectivity index (χ3v) is 9.11. The van der Waals surface area contributed by atoms with Crippen LogP contribution >= 0.6 is 0 Å². The van der Waals surface area contributed by atoms with Gasteiger partial charge in [-0.25, -0.2) is 0 Å². The van der Waals surface area contributed by atoms with Gasteiger partial charge in [0, 0.05) is 5.41 Å². The van der Waals surface area contributed by atoms with Crippen molar-refractivity contribution < 1.29 is 6.85 Å². The second-order valence-corrected chi connectivity index (χ2v) is 11.1. The molecule has 0 N–H and O–H groups in total. The molecular weight excluding hydrogens is 480 g/mol. The van der Waals surface area contributed by atoms with Crippen molar-refractivity contribution in [1.82, 2.24) is 0 Å². The highest BCUT2D eigenvalue weighted by Gasteiger charge is 2.41. The van der Waals surface area contributed by atoms with Crippen LogP contribution in [0, 0.1) is 0 Å². The Kier molecular flexibility index (Phi) is 3.44. The number of benzene rings is 8. The summed E-state index contributed by atoms with van der Waals surface area (Å²) in [5.41, 5.74) is 5.39. The molecule has 1 unspecified atom stereocenters.